The lowest BCUT2D eigenvalue weighted by molar-refractivity contribution is -0.143. The summed E-state index contributed by atoms with van der Waals surface area (Å²) in [4.78, 5) is 78.3. The SMILES string of the molecule is CSCCC(NC(=O)C(N)CC(N)=O)C(=O)NC(Cc1cnc[nH]1)C(=O)NC(CCC(=O)O)C(=O)O. The van der Waals surface area contributed by atoms with Crippen LogP contribution in [0.1, 0.15) is 31.4 Å². The average molecular weight is 530 g/mol. The van der Waals surface area contributed by atoms with Crippen LogP contribution in [0.2, 0.25) is 0 Å². The number of imidazole rings is 1. The predicted molar refractivity (Wildman–Crippen MR) is 127 cm³/mol. The summed E-state index contributed by atoms with van der Waals surface area (Å²) in [5.41, 5.74) is 11.1. The summed E-state index contributed by atoms with van der Waals surface area (Å²) in [6.45, 7) is 0. The van der Waals surface area contributed by atoms with Crippen molar-refractivity contribution in [2.24, 2.45) is 11.5 Å². The molecule has 0 aliphatic rings. The second kappa shape index (κ2) is 15.4. The largest absolute Gasteiger partial charge is 0.481 e. The Balaban J connectivity index is 3.04. The van der Waals surface area contributed by atoms with E-state index in [9.17, 15) is 33.9 Å². The Hall–Kier alpha value is -3.66. The van der Waals surface area contributed by atoms with Crippen molar-refractivity contribution >= 4 is 47.3 Å². The van der Waals surface area contributed by atoms with E-state index in [-0.39, 0.29) is 19.3 Å². The summed E-state index contributed by atoms with van der Waals surface area (Å²) >= 11 is 1.40. The molecule has 0 spiro atoms. The van der Waals surface area contributed by atoms with Crippen molar-refractivity contribution in [2.75, 3.05) is 12.0 Å². The molecule has 1 aromatic heterocycles. The average Bonchev–Trinajstić information content (AvgIpc) is 3.30. The van der Waals surface area contributed by atoms with Gasteiger partial charge in [-0.3, -0.25) is 24.0 Å². The third kappa shape index (κ3) is 11.2. The summed E-state index contributed by atoms with van der Waals surface area (Å²) in [6, 6.07) is -5.20. The molecule has 0 saturated carbocycles. The van der Waals surface area contributed by atoms with Crippen LogP contribution in [0.4, 0.5) is 0 Å². The van der Waals surface area contributed by atoms with E-state index in [1.54, 1.807) is 6.26 Å². The topological polar surface area (TPSA) is 260 Å². The van der Waals surface area contributed by atoms with Crippen molar-refractivity contribution in [3.8, 4) is 0 Å². The van der Waals surface area contributed by atoms with Gasteiger partial charge in [0, 0.05) is 24.7 Å². The molecule has 4 amide bonds. The minimum absolute atomic E-state index is 0.104. The van der Waals surface area contributed by atoms with Crippen molar-refractivity contribution in [2.45, 2.75) is 56.3 Å². The number of aromatic nitrogens is 2. The van der Waals surface area contributed by atoms with Gasteiger partial charge in [-0.15, -0.1) is 0 Å². The van der Waals surface area contributed by atoms with E-state index in [0.29, 0.717) is 11.4 Å². The molecule has 1 aromatic rings. The number of amides is 4. The van der Waals surface area contributed by atoms with Crippen molar-refractivity contribution in [3.05, 3.63) is 18.2 Å². The predicted octanol–water partition coefficient (Wildman–Crippen LogP) is -2.69. The van der Waals surface area contributed by atoms with Gasteiger partial charge in [-0.2, -0.15) is 11.8 Å². The van der Waals surface area contributed by atoms with E-state index >= 15 is 0 Å². The van der Waals surface area contributed by atoms with Gasteiger partial charge in [-0.05, 0) is 24.9 Å². The molecule has 10 N–H and O–H groups in total. The first-order valence-electron chi connectivity index (χ1n) is 10.8. The molecule has 0 radical (unpaired) electrons. The number of carboxylic acids is 2. The second-order valence-electron chi connectivity index (χ2n) is 7.79. The number of aliphatic carboxylic acids is 2. The molecule has 0 aliphatic heterocycles. The minimum atomic E-state index is -1.51. The van der Waals surface area contributed by atoms with Gasteiger partial charge in [0.25, 0.3) is 0 Å². The summed E-state index contributed by atoms with van der Waals surface area (Å²) in [6.07, 6.45) is 3.30. The smallest absolute Gasteiger partial charge is 0.326 e. The van der Waals surface area contributed by atoms with Gasteiger partial charge in [0.05, 0.1) is 18.8 Å². The highest BCUT2D eigenvalue weighted by Gasteiger charge is 2.31. The Labute approximate surface area is 210 Å². The van der Waals surface area contributed by atoms with Crippen LogP contribution in [0.25, 0.3) is 0 Å². The fourth-order valence-electron chi connectivity index (χ4n) is 2.99. The third-order valence-electron chi connectivity index (χ3n) is 4.87. The minimum Gasteiger partial charge on any atom is -0.481 e. The second-order valence-corrected chi connectivity index (χ2v) is 8.78. The van der Waals surface area contributed by atoms with E-state index in [2.05, 4.69) is 25.9 Å². The first kappa shape index (κ1) is 30.4. The maximum absolute atomic E-state index is 13.0. The van der Waals surface area contributed by atoms with Gasteiger partial charge < -0.3 is 42.6 Å². The van der Waals surface area contributed by atoms with E-state index in [1.165, 1.54) is 24.3 Å². The van der Waals surface area contributed by atoms with E-state index in [1.807, 2.05) is 0 Å². The van der Waals surface area contributed by atoms with Gasteiger partial charge in [0.15, 0.2) is 0 Å². The molecule has 16 heteroatoms. The van der Waals surface area contributed by atoms with Gasteiger partial charge in [-0.25, -0.2) is 9.78 Å². The summed E-state index contributed by atoms with van der Waals surface area (Å²) in [7, 11) is 0. The van der Waals surface area contributed by atoms with Crippen LogP contribution in [0.3, 0.4) is 0 Å². The molecule has 4 unspecified atom stereocenters. The standard InChI is InChI=1S/C20H31N7O8S/c1-36-5-4-12(25-17(31)11(21)7-15(22)28)18(32)27-14(6-10-8-23-9-24-10)19(33)26-13(20(34)35)2-3-16(29)30/h8-9,11-14H,2-7,21H2,1H3,(H2,22,28)(H,23,24)(H,25,31)(H,26,33)(H,27,32)(H,29,30)(H,34,35). The van der Waals surface area contributed by atoms with E-state index in [0.717, 1.165) is 0 Å². The van der Waals surface area contributed by atoms with Crippen LogP contribution < -0.4 is 27.4 Å². The number of rotatable bonds is 17. The van der Waals surface area contributed by atoms with E-state index in [4.69, 9.17) is 16.6 Å². The molecular weight excluding hydrogens is 498 g/mol. The normalized spacial score (nSPS) is 14.1. The number of nitrogens with two attached hydrogens (primary N) is 2. The highest BCUT2D eigenvalue weighted by atomic mass is 32.2. The Morgan fingerprint density at radius 1 is 1.00 bits per heavy atom. The highest BCUT2D eigenvalue weighted by Crippen LogP contribution is 2.06. The molecule has 15 nitrogen and oxygen atoms in total. The lowest BCUT2D eigenvalue weighted by atomic mass is 10.1. The maximum atomic E-state index is 13.0. The number of carboxylic acid groups (broad SMARTS) is 2. The number of nitrogens with one attached hydrogen (secondary N) is 4. The highest BCUT2D eigenvalue weighted by molar-refractivity contribution is 7.98. The number of primary amides is 1. The van der Waals surface area contributed by atoms with Crippen LogP contribution in [0, 0.1) is 0 Å². The van der Waals surface area contributed by atoms with Crippen molar-refractivity contribution in [3.63, 3.8) is 0 Å². The molecular formula is C20H31N7O8S. The lowest BCUT2D eigenvalue weighted by Gasteiger charge is -2.25. The lowest BCUT2D eigenvalue weighted by Crippen LogP contribution is -2.58. The van der Waals surface area contributed by atoms with Crippen molar-refractivity contribution in [1.82, 2.24) is 25.9 Å². The summed E-state index contributed by atoms with van der Waals surface area (Å²) in [5, 5.41) is 25.3. The number of hydrogen-bond acceptors (Lipinski definition) is 9. The van der Waals surface area contributed by atoms with Crippen LogP contribution in [-0.2, 0) is 35.2 Å². The van der Waals surface area contributed by atoms with Gasteiger partial charge >= 0.3 is 11.9 Å². The molecule has 0 aromatic carbocycles. The zero-order chi connectivity index (χ0) is 27.3. The molecule has 0 fully saturated rings. The van der Waals surface area contributed by atoms with E-state index < -0.39 is 72.6 Å². The molecule has 0 aliphatic carbocycles. The fraction of sp³-hybridized carbons (Fsp3) is 0.550. The third-order valence-corrected chi connectivity index (χ3v) is 5.52. The number of carbonyl (C=O) groups excluding carboxylic acids is 4. The number of H-pyrrole nitrogens is 1. The molecule has 4 atom stereocenters. The number of thioether (sulfide) groups is 1. The Morgan fingerprint density at radius 3 is 2.14 bits per heavy atom. The Bertz CT molecular complexity index is 927. The van der Waals surface area contributed by atoms with Crippen molar-refractivity contribution < 1.29 is 39.0 Å². The van der Waals surface area contributed by atoms with Gasteiger partial charge in [0.2, 0.25) is 23.6 Å². The van der Waals surface area contributed by atoms with Crippen LogP contribution >= 0.6 is 11.8 Å². The number of carbonyl (C=O) groups is 6. The molecule has 36 heavy (non-hydrogen) atoms. The molecule has 200 valence electrons. The maximum Gasteiger partial charge on any atom is 0.326 e. The molecule has 0 saturated heterocycles. The van der Waals surface area contributed by atoms with Gasteiger partial charge in [-0.1, -0.05) is 0 Å². The molecule has 1 heterocycles. The number of aromatic amines is 1. The van der Waals surface area contributed by atoms with Gasteiger partial charge in [0.1, 0.15) is 18.1 Å². The first-order valence-corrected chi connectivity index (χ1v) is 12.2. The summed E-state index contributed by atoms with van der Waals surface area (Å²) < 4.78 is 0. The van der Waals surface area contributed by atoms with Crippen LogP contribution in [0.15, 0.2) is 12.5 Å². The molecule has 1 rings (SSSR count). The monoisotopic (exact) mass is 529 g/mol. The van der Waals surface area contributed by atoms with Crippen LogP contribution in [-0.4, -0.2) is 91.9 Å². The van der Waals surface area contributed by atoms with Crippen LogP contribution in [0.5, 0.6) is 0 Å². The Morgan fingerprint density at radius 2 is 1.61 bits per heavy atom. The zero-order valence-electron chi connectivity index (χ0n) is 19.6. The fourth-order valence-corrected chi connectivity index (χ4v) is 3.46. The quantitative estimate of drug-likeness (QED) is 0.103. The Kier molecular flexibility index (Phi) is 13.0. The molecule has 0 bridgehead atoms. The summed E-state index contributed by atoms with van der Waals surface area (Å²) in [5.74, 6) is -5.43. The number of hydrogen-bond donors (Lipinski definition) is 8. The first-order chi connectivity index (χ1) is 16.9. The van der Waals surface area contributed by atoms with Crippen molar-refractivity contribution in [1.29, 1.82) is 0 Å². The zero-order valence-corrected chi connectivity index (χ0v) is 20.4. The number of nitrogens with zero attached hydrogens (tertiary/aromatic N) is 1.